The number of alkyl halides is 6. The lowest BCUT2D eigenvalue weighted by Crippen LogP contribution is -2.03. The number of rotatable bonds is 2. The summed E-state index contributed by atoms with van der Waals surface area (Å²) in [6.45, 7) is 0. The van der Waals surface area contributed by atoms with Crippen molar-refractivity contribution in [3.63, 3.8) is 0 Å². The van der Waals surface area contributed by atoms with Crippen LogP contribution in [0.1, 0.15) is 0 Å². The zero-order chi connectivity index (χ0) is 13.4. The Hall–Kier alpha value is -0.540. The molecule has 0 saturated heterocycles. The quantitative estimate of drug-likeness (QED) is 0.560. The van der Waals surface area contributed by atoms with Gasteiger partial charge in [-0.05, 0) is 0 Å². The molecule has 9 heteroatoms. The summed E-state index contributed by atoms with van der Waals surface area (Å²) in [6.07, 6.45) is 0. The lowest BCUT2D eigenvalue weighted by molar-refractivity contribution is -0.0416. The topological polar surface area (TPSA) is 9.23 Å². The molecule has 0 aromatic heterocycles. The van der Waals surface area contributed by atoms with Crippen LogP contribution in [-0.4, -0.2) is 11.0 Å². The van der Waals surface area contributed by atoms with E-state index in [4.69, 9.17) is 0 Å². The van der Waals surface area contributed by atoms with E-state index < -0.39 is 35.1 Å². The molecule has 0 aliphatic heterocycles. The van der Waals surface area contributed by atoms with Gasteiger partial charge in [-0.3, -0.25) is 0 Å². The predicted octanol–water partition coefficient (Wildman–Crippen LogP) is 5.03. The SMILES string of the molecule is FC(F)(F)SOSC(F)(F)F.c1ccccc1. The highest BCUT2D eigenvalue weighted by Crippen LogP contribution is 2.40. The van der Waals surface area contributed by atoms with Crippen molar-refractivity contribution < 1.29 is 30.0 Å². The lowest BCUT2D eigenvalue weighted by Gasteiger charge is -2.05. The van der Waals surface area contributed by atoms with Gasteiger partial charge in [0.15, 0.2) is 0 Å². The van der Waals surface area contributed by atoms with E-state index in [1.54, 1.807) is 0 Å². The second kappa shape index (κ2) is 7.72. The Morgan fingerprint density at radius 2 is 0.824 bits per heavy atom. The van der Waals surface area contributed by atoms with E-state index >= 15 is 0 Å². The van der Waals surface area contributed by atoms with Crippen LogP contribution in [0.2, 0.25) is 0 Å². The van der Waals surface area contributed by atoms with Gasteiger partial charge >= 0.3 is 11.0 Å². The van der Waals surface area contributed by atoms with Crippen molar-refractivity contribution in [3.05, 3.63) is 36.4 Å². The van der Waals surface area contributed by atoms with Gasteiger partial charge < -0.3 is 0 Å². The smallest absolute Gasteiger partial charge is 0.229 e. The van der Waals surface area contributed by atoms with Gasteiger partial charge in [-0.25, -0.2) is 3.63 Å². The first-order chi connectivity index (χ1) is 7.71. The van der Waals surface area contributed by atoms with Crippen molar-refractivity contribution in [1.29, 1.82) is 0 Å². The molecule has 0 N–H and O–H groups in total. The lowest BCUT2D eigenvalue weighted by atomic mass is 10.4. The molecule has 0 fully saturated rings. The third kappa shape index (κ3) is 15.5. The molecule has 0 heterocycles. The molecule has 0 bridgehead atoms. The molecule has 1 rings (SSSR count). The van der Waals surface area contributed by atoms with Crippen LogP contribution in [0.3, 0.4) is 0 Å². The van der Waals surface area contributed by atoms with Crippen LogP contribution in [0.25, 0.3) is 0 Å². The third-order valence-electron chi connectivity index (χ3n) is 0.924. The van der Waals surface area contributed by atoms with Crippen LogP contribution in [0.15, 0.2) is 36.4 Å². The van der Waals surface area contributed by atoms with Crippen LogP contribution in [0, 0.1) is 0 Å². The van der Waals surface area contributed by atoms with E-state index in [1.807, 2.05) is 36.4 Å². The first kappa shape index (κ1) is 16.5. The van der Waals surface area contributed by atoms with Gasteiger partial charge in [0.25, 0.3) is 0 Å². The van der Waals surface area contributed by atoms with Crippen molar-refractivity contribution in [3.8, 4) is 0 Å². The van der Waals surface area contributed by atoms with E-state index in [-0.39, 0.29) is 0 Å². The second-order valence-corrected chi connectivity index (χ2v) is 4.08. The molecule has 0 aliphatic carbocycles. The maximum absolute atomic E-state index is 11.1. The van der Waals surface area contributed by atoms with Crippen molar-refractivity contribution >= 4 is 24.1 Å². The Morgan fingerprint density at radius 3 is 1.00 bits per heavy atom. The molecule has 0 spiro atoms. The minimum atomic E-state index is -4.81. The molecule has 0 unspecified atom stereocenters. The molecule has 0 atom stereocenters. The van der Waals surface area contributed by atoms with Crippen molar-refractivity contribution in [2.45, 2.75) is 11.0 Å². The molecule has 0 saturated carbocycles. The number of halogens is 6. The molecular formula is C8H6F6OS2. The maximum Gasteiger partial charge on any atom is 0.469 e. The minimum absolute atomic E-state index is 1.20. The Balaban J connectivity index is 0.000000354. The van der Waals surface area contributed by atoms with Gasteiger partial charge in [-0.2, -0.15) is 26.3 Å². The highest BCUT2D eigenvalue weighted by Gasteiger charge is 2.36. The highest BCUT2D eigenvalue weighted by molar-refractivity contribution is 8.08. The maximum atomic E-state index is 11.1. The van der Waals surface area contributed by atoms with Gasteiger partial charge in [0.1, 0.15) is 24.1 Å². The van der Waals surface area contributed by atoms with E-state index in [1.165, 1.54) is 0 Å². The van der Waals surface area contributed by atoms with Gasteiger partial charge in [0.05, 0.1) is 0 Å². The molecule has 1 aromatic carbocycles. The fourth-order valence-electron chi connectivity index (χ4n) is 0.479. The molecule has 98 valence electrons. The normalized spacial score (nSPS) is 11.6. The molecule has 1 nitrogen and oxygen atoms in total. The molecule has 17 heavy (non-hydrogen) atoms. The highest BCUT2D eigenvalue weighted by atomic mass is 32.2. The summed E-state index contributed by atoms with van der Waals surface area (Å²) in [6, 6.07) is 12.0. The van der Waals surface area contributed by atoms with E-state index in [0.29, 0.717) is 0 Å². The predicted molar refractivity (Wildman–Crippen MR) is 54.8 cm³/mol. The van der Waals surface area contributed by atoms with Gasteiger partial charge in [0, 0.05) is 0 Å². The largest absolute Gasteiger partial charge is 0.469 e. The van der Waals surface area contributed by atoms with Crippen molar-refractivity contribution in [1.82, 2.24) is 0 Å². The third-order valence-corrected chi connectivity index (χ3v) is 1.85. The Kier molecular flexibility index (Phi) is 7.48. The number of hydrogen-bond acceptors (Lipinski definition) is 3. The fraction of sp³-hybridized carbons (Fsp3) is 0.250. The van der Waals surface area contributed by atoms with Crippen molar-refractivity contribution in [2.24, 2.45) is 0 Å². The van der Waals surface area contributed by atoms with Gasteiger partial charge in [-0.1, -0.05) is 36.4 Å². The summed E-state index contributed by atoms with van der Waals surface area (Å²) in [5.74, 6) is 0. The van der Waals surface area contributed by atoms with Crippen LogP contribution >= 0.6 is 24.1 Å². The Morgan fingerprint density at radius 1 is 0.588 bits per heavy atom. The van der Waals surface area contributed by atoms with E-state index in [9.17, 15) is 26.3 Å². The average molecular weight is 296 g/mol. The first-order valence-corrected chi connectivity index (χ1v) is 5.36. The first-order valence-electron chi connectivity index (χ1n) is 3.88. The molecule has 1 aromatic rings. The summed E-state index contributed by atoms with van der Waals surface area (Å²) in [7, 11) is 0. The van der Waals surface area contributed by atoms with Crippen LogP contribution in [0.4, 0.5) is 26.3 Å². The zero-order valence-corrected chi connectivity index (χ0v) is 9.59. The van der Waals surface area contributed by atoms with Crippen molar-refractivity contribution in [2.75, 3.05) is 0 Å². The zero-order valence-electron chi connectivity index (χ0n) is 7.96. The van der Waals surface area contributed by atoms with E-state index in [2.05, 4.69) is 3.63 Å². The van der Waals surface area contributed by atoms with Gasteiger partial charge in [-0.15, -0.1) is 0 Å². The number of hydrogen-bond donors (Lipinski definition) is 0. The second-order valence-electron chi connectivity index (χ2n) is 2.28. The monoisotopic (exact) mass is 296 g/mol. The molecule has 0 aliphatic rings. The standard InChI is InChI=1S/C6H6.C2F6OS2/c1-2-4-6-5-3-1;3-1(4,5)10-9-11-2(6,7)8/h1-6H;. The summed E-state index contributed by atoms with van der Waals surface area (Å²) < 4.78 is 69.7. The summed E-state index contributed by atoms with van der Waals surface area (Å²) >= 11 is -2.39. The molecule has 0 amide bonds. The van der Waals surface area contributed by atoms with Gasteiger partial charge in [0.2, 0.25) is 0 Å². The van der Waals surface area contributed by atoms with Crippen LogP contribution < -0.4 is 0 Å². The summed E-state index contributed by atoms with van der Waals surface area (Å²) in [5.41, 5.74) is -9.61. The fourth-order valence-corrected chi connectivity index (χ4v) is 1.23. The molecule has 0 radical (unpaired) electrons. The Bertz CT molecular complexity index is 246. The van der Waals surface area contributed by atoms with E-state index in [0.717, 1.165) is 0 Å². The van der Waals surface area contributed by atoms with Crippen LogP contribution in [0.5, 0.6) is 0 Å². The summed E-state index contributed by atoms with van der Waals surface area (Å²) in [5, 5.41) is 0. The average Bonchev–Trinajstić information content (AvgIpc) is 2.17. The Labute approximate surface area is 102 Å². The molecular weight excluding hydrogens is 290 g/mol. The summed E-state index contributed by atoms with van der Waals surface area (Å²) in [4.78, 5) is 0. The minimum Gasteiger partial charge on any atom is -0.229 e. The number of benzene rings is 1. The van der Waals surface area contributed by atoms with Crippen LogP contribution in [-0.2, 0) is 3.63 Å².